The van der Waals surface area contributed by atoms with E-state index < -0.39 is 0 Å². The number of hydrogen-bond donors (Lipinski definition) is 1. The zero-order chi connectivity index (χ0) is 15.4. The van der Waals surface area contributed by atoms with Gasteiger partial charge in [0.2, 0.25) is 0 Å². The smallest absolute Gasteiger partial charge is 0.293 e. The number of nitrogens with one attached hydrogen (secondary N) is 1. The monoisotopic (exact) mass is 306 g/mol. The lowest BCUT2D eigenvalue weighted by atomic mass is 10.0. The Balaban J connectivity index is 1.50. The quantitative estimate of drug-likeness (QED) is 0.885. The van der Waals surface area contributed by atoms with Gasteiger partial charge in [-0.05, 0) is 32.1 Å². The molecule has 0 bridgehead atoms. The summed E-state index contributed by atoms with van der Waals surface area (Å²) >= 11 is 0. The highest BCUT2D eigenvalue weighted by molar-refractivity contribution is 5.32. The first-order chi connectivity index (χ1) is 10.8. The Morgan fingerprint density at radius 1 is 1.36 bits per heavy atom. The summed E-state index contributed by atoms with van der Waals surface area (Å²) in [6.45, 7) is 7.81. The molecule has 6 nitrogen and oxygen atoms in total. The van der Waals surface area contributed by atoms with Gasteiger partial charge in [-0.2, -0.15) is 0 Å². The second-order valence-electron chi connectivity index (χ2n) is 6.32. The Bertz CT molecular complexity index is 531. The maximum absolute atomic E-state index is 12.2. The molecular formula is C16H26N4O2. The van der Waals surface area contributed by atoms with Gasteiger partial charge >= 0.3 is 0 Å². The van der Waals surface area contributed by atoms with Gasteiger partial charge in [-0.1, -0.05) is 0 Å². The minimum absolute atomic E-state index is 0.0180. The number of anilines is 1. The highest BCUT2D eigenvalue weighted by Gasteiger charge is 2.24. The zero-order valence-electron chi connectivity index (χ0n) is 13.3. The van der Waals surface area contributed by atoms with Gasteiger partial charge in [0.05, 0.1) is 6.61 Å². The van der Waals surface area contributed by atoms with E-state index in [1.807, 2.05) is 6.92 Å². The summed E-state index contributed by atoms with van der Waals surface area (Å²) in [6.07, 6.45) is 6.76. The third-order valence-electron chi connectivity index (χ3n) is 4.72. The van der Waals surface area contributed by atoms with Crippen LogP contribution in [0.5, 0.6) is 0 Å². The van der Waals surface area contributed by atoms with Crippen molar-refractivity contribution in [2.45, 2.75) is 38.8 Å². The van der Waals surface area contributed by atoms with Gasteiger partial charge < -0.3 is 19.5 Å². The first-order valence-corrected chi connectivity index (χ1v) is 8.38. The largest absolute Gasteiger partial charge is 0.381 e. The molecule has 1 unspecified atom stereocenters. The molecule has 0 amide bonds. The summed E-state index contributed by atoms with van der Waals surface area (Å²) in [5.41, 5.74) is -0.0180. The Morgan fingerprint density at radius 3 is 2.86 bits per heavy atom. The third kappa shape index (κ3) is 3.67. The maximum atomic E-state index is 12.2. The van der Waals surface area contributed by atoms with Crippen molar-refractivity contribution < 1.29 is 4.74 Å². The van der Waals surface area contributed by atoms with Crippen molar-refractivity contribution in [2.75, 3.05) is 38.2 Å². The average molecular weight is 306 g/mol. The molecule has 0 aliphatic carbocycles. The van der Waals surface area contributed by atoms with Crippen LogP contribution in [0.4, 0.5) is 5.82 Å². The first-order valence-electron chi connectivity index (χ1n) is 8.38. The summed E-state index contributed by atoms with van der Waals surface area (Å²) in [6, 6.07) is 0.351. The van der Waals surface area contributed by atoms with Crippen molar-refractivity contribution in [3.8, 4) is 0 Å². The number of aromatic nitrogens is 2. The van der Waals surface area contributed by atoms with Crippen LogP contribution in [0.2, 0.25) is 0 Å². The molecule has 1 N–H and O–H groups in total. The van der Waals surface area contributed by atoms with Crippen molar-refractivity contribution in [3.05, 3.63) is 22.7 Å². The zero-order valence-corrected chi connectivity index (χ0v) is 13.3. The van der Waals surface area contributed by atoms with Crippen LogP contribution in [0.15, 0.2) is 17.2 Å². The first kappa shape index (κ1) is 15.5. The van der Waals surface area contributed by atoms with Gasteiger partial charge in [0.25, 0.3) is 5.56 Å². The van der Waals surface area contributed by atoms with Crippen LogP contribution in [-0.4, -0.2) is 53.3 Å². The second kappa shape index (κ2) is 7.24. The summed E-state index contributed by atoms with van der Waals surface area (Å²) < 4.78 is 7.13. The number of rotatable bonds is 5. The van der Waals surface area contributed by atoms with Gasteiger partial charge in [-0.25, -0.2) is 4.98 Å². The van der Waals surface area contributed by atoms with Gasteiger partial charge in [0, 0.05) is 51.2 Å². The maximum Gasteiger partial charge on any atom is 0.293 e. The molecular weight excluding hydrogens is 280 g/mol. The Hall–Kier alpha value is -1.40. The van der Waals surface area contributed by atoms with Gasteiger partial charge in [-0.15, -0.1) is 0 Å². The van der Waals surface area contributed by atoms with Crippen LogP contribution in [-0.2, 0) is 11.3 Å². The van der Waals surface area contributed by atoms with Crippen LogP contribution in [0, 0.1) is 5.92 Å². The number of ether oxygens (including phenoxy) is 1. The van der Waals surface area contributed by atoms with E-state index in [2.05, 4.69) is 15.2 Å². The molecule has 3 heterocycles. The predicted octanol–water partition coefficient (Wildman–Crippen LogP) is 1.18. The van der Waals surface area contributed by atoms with Crippen LogP contribution in [0.1, 0.15) is 26.2 Å². The Kier molecular flexibility index (Phi) is 5.10. The summed E-state index contributed by atoms with van der Waals surface area (Å²) in [7, 11) is 0. The second-order valence-corrected chi connectivity index (χ2v) is 6.32. The lowest BCUT2D eigenvalue weighted by Gasteiger charge is -2.33. The third-order valence-corrected chi connectivity index (χ3v) is 4.72. The molecule has 3 rings (SSSR count). The van der Waals surface area contributed by atoms with Crippen molar-refractivity contribution in [2.24, 2.45) is 5.92 Å². The van der Waals surface area contributed by atoms with Crippen molar-refractivity contribution in [3.63, 3.8) is 0 Å². The molecule has 122 valence electrons. The van der Waals surface area contributed by atoms with E-state index in [9.17, 15) is 4.79 Å². The standard InChI is InChI=1S/C16H26N4O2/c1-2-20-9-6-17-15(16(20)21)18-14-3-7-19(8-4-14)11-13-5-10-22-12-13/h6,9,13-14H,2-5,7-8,10-12H2,1H3,(H,17,18). The minimum atomic E-state index is -0.0180. The van der Waals surface area contributed by atoms with Crippen molar-refractivity contribution in [1.82, 2.24) is 14.5 Å². The summed E-state index contributed by atoms with van der Waals surface area (Å²) in [4.78, 5) is 18.9. The topological polar surface area (TPSA) is 59.4 Å². The molecule has 0 radical (unpaired) electrons. The van der Waals surface area contributed by atoms with Crippen LogP contribution in [0.25, 0.3) is 0 Å². The molecule has 1 aromatic heterocycles. The molecule has 1 atom stereocenters. The summed E-state index contributed by atoms with van der Waals surface area (Å²) in [5.74, 6) is 1.20. The van der Waals surface area contributed by atoms with E-state index in [0.29, 0.717) is 24.3 Å². The molecule has 0 spiro atoms. The number of piperidine rings is 1. The minimum Gasteiger partial charge on any atom is -0.381 e. The van der Waals surface area contributed by atoms with Crippen molar-refractivity contribution >= 4 is 5.82 Å². The molecule has 1 aromatic rings. The highest BCUT2D eigenvalue weighted by Crippen LogP contribution is 2.18. The lowest BCUT2D eigenvalue weighted by Crippen LogP contribution is -2.42. The molecule has 0 aromatic carbocycles. The Labute approximate surface area is 131 Å². The van der Waals surface area contributed by atoms with Crippen molar-refractivity contribution in [1.29, 1.82) is 0 Å². The fourth-order valence-electron chi connectivity index (χ4n) is 3.34. The van der Waals surface area contributed by atoms with E-state index in [4.69, 9.17) is 4.74 Å². The molecule has 2 fully saturated rings. The van der Waals surface area contributed by atoms with Gasteiger partial charge in [0.15, 0.2) is 5.82 Å². The number of aryl methyl sites for hydroxylation is 1. The van der Waals surface area contributed by atoms with E-state index in [1.54, 1.807) is 17.0 Å². The molecule has 6 heteroatoms. The van der Waals surface area contributed by atoms with Crippen LogP contribution in [0.3, 0.4) is 0 Å². The summed E-state index contributed by atoms with van der Waals surface area (Å²) in [5, 5.41) is 3.34. The normalized spacial score (nSPS) is 23.8. The van der Waals surface area contributed by atoms with E-state index >= 15 is 0 Å². The van der Waals surface area contributed by atoms with Gasteiger partial charge in [-0.3, -0.25) is 4.79 Å². The fraction of sp³-hybridized carbons (Fsp3) is 0.750. The van der Waals surface area contributed by atoms with Gasteiger partial charge in [0.1, 0.15) is 0 Å². The predicted molar refractivity (Wildman–Crippen MR) is 86.2 cm³/mol. The van der Waals surface area contributed by atoms with E-state index in [-0.39, 0.29) is 5.56 Å². The lowest BCUT2D eigenvalue weighted by molar-refractivity contribution is 0.154. The molecule has 2 aliphatic heterocycles. The Morgan fingerprint density at radius 2 is 2.18 bits per heavy atom. The molecule has 2 saturated heterocycles. The number of nitrogens with zero attached hydrogens (tertiary/aromatic N) is 3. The van der Waals surface area contributed by atoms with Crippen LogP contribution >= 0.6 is 0 Å². The number of likely N-dealkylation sites (tertiary alicyclic amines) is 1. The molecule has 22 heavy (non-hydrogen) atoms. The van der Waals surface area contributed by atoms with E-state index in [1.165, 1.54) is 6.42 Å². The SMILES string of the molecule is CCn1ccnc(NC2CCN(CC3CCOC3)CC2)c1=O. The fourth-order valence-corrected chi connectivity index (χ4v) is 3.34. The molecule has 2 aliphatic rings. The average Bonchev–Trinajstić information content (AvgIpc) is 3.04. The number of hydrogen-bond acceptors (Lipinski definition) is 5. The highest BCUT2D eigenvalue weighted by atomic mass is 16.5. The van der Waals surface area contributed by atoms with E-state index in [0.717, 1.165) is 45.7 Å². The molecule has 0 saturated carbocycles. The van der Waals surface area contributed by atoms with Crippen LogP contribution < -0.4 is 10.9 Å².